The van der Waals surface area contributed by atoms with Crippen molar-refractivity contribution in [2.75, 3.05) is 16.9 Å². The number of rotatable bonds is 6. The topological polar surface area (TPSA) is 84.0 Å². The van der Waals surface area contributed by atoms with Gasteiger partial charge < -0.3 is 10.6 Å². The first-order chi connectivity index (χ1) is 13.9. The average molecular weight is 412 g/mol. The van der Waals surface area contributed by atoms with Crippen LogP contribution in [0.1, 0.15) is 19.3 Å². The molecule has 1 fully saturated rings. The maximum atomic E-state index is 14.3. The Bertz CT molecular complexity index is 1150. The van der Waals surface area contributed by atoms with Gasteiger partial charge in [0.25, 0.3) is 0 Å². The van der Waals surface area contributed by atoms with Gasteiger partial charge in [0.05, 0.1) is 10.5 Å². The lowest BCUT2D eigenvalue weighted by molar-refractivity contribution is 0.444. The molecule has 0 aliphatic heterocycles. The van der Waals surface area contributed by atoms with Crippen LogP contribution in [0.5, 0.6) is 0 Å². The summed E-state index contributed by atoms with van der Waals surface area (Å²) in [6.07, 6.45) is 4.47. The van der Waals surface area contributed by atoms with Crippen molar-refractivity contribution in [2.24, 2.45) is 0 Å². The number of anilines is 3. The minimum Gasteiger partial charge on any atom is -0.367 e. The molecule has 4 rings (SSSR count). The Morgan fingerprint density at radius 1 is 1.00 bits per heavy atom. The van der Waals surface area contributed by atoms with Crippen LogP contribution >= 0.6 is 0 Å². The first-order valence-corrected chi connectivity index (χ1v) is 11.3. The third kappa shape index (κ3) is 4.54. The van der Waals surface area contributed by atoms with Crippen LogP contribution in [-0.2, 0) is 9.84 Å². The Hall–Kier alpha value is -3.00. The Morgan fingerprint density at radius 3 is 2.45 bits per heavy atom. The summed E-state index contributed by atoms with van der Waals surface area (Å²) >= 11 is 0. The maximum absolute atomic E-state index is 14.3. The SMILES string of the molecule is CS(=O)(=O)c1cccc(Nc2cc(NC3CCC3)nc(-c3ccccc3F)n2)c1. The highest BCUT2D eigenvalue weighted by Crippen LogP contribution is 2.28. The summed E-state index contributed by atoms with van der Waals surface area (Å²) in [7, 11) is -3.33. The lowest BCUT2D eigenvalue weighted by Gasteiger charge is -2.27. The number of sulfone groups is 1. The number of nitrogens with zero attached hydrogens (tertiary/aromatic N) is 2. The van der Waals surface area contributed by atoms with E-state index in [9.17, 15) is 12.8 Å². The molecule has 1 aromatic heterocycles. The number of nitrogens with one attached hydrogen (secondary N) is 2. The fraction of sp³-hybridized carbons (Fsp3) is 0.238. The highest BCUT2D eigenvalue weighted by Gasteiger charge is 2.19. The van der Waals surface area contributed by atoms with Gasteiger partial charge in [-0.2, -0.15) is 0 Å². The van der Waals surface area contributed by atoms with E-state index in [-0.39, 0.29) is 10.7 Å². The van der Waals surface area contributed by atoms with Crippen LogP contribution in [0.15, 0.2) is 59.5 Å². The Kier molecular flexibility index (Phi) is 5.19. The molecule has 1 heterocycles. The van der Waals surface area contributed by atoms with Crippen molar-refractivity contribution < 1.29 is 12.8 Å². The summed E-state index contributed by atoms with van der Waals surface area (Å²) in [6, 6.07) is 14.9. The van der Waals surface area contributed by atoms with Crippen LogP contribution in [-0.4, -0.2) is 30.7 Å². The number of hydrogen-bond donors (Lipinski definition) is 2. The summed E-state index contributed by atoms with van der Waals surface area (Å²) < 4.78 is 37.9. The van der Waals surface area contributed by atoms with E-state index in [0.717, 1.165) is 19.1 Å². The number of hydrogen-bond acceptors (Lipinski definition) is 6. The minimum absolute atomic E-state index is 0.207. The molecule has 1 saturated carbocycles. The number of aromatic nitrogens is 2. The molecule has 0 bridgehead atoms. The first kappa shape index (κ1) is 19.3. The van der Waals surface area contributed by atoms with Gasteiger partial charge in [0, 0.05) is 24.1 Å². The van der Waals surface area contributed by atoms with E-state index in [1.54, 1.807) is 42.5 Å². The molecule has 0 atom stereocenters. The van der Waals surface area contributed by atoms with Crippen molar-refractivity contribution in [3.63, 3.8) is 0 Å². The third-order valence-corrected chi connectivity index (χ3v) is 5.94. The zero-order valence-corrected chi connectivity index (χ0v) is 16.7. The van der Waals surface area contributed by atoms with Crippen molar-refractivity contribution in [1.82, 2.24) is 9.97 Å². The van der Waals surface area contributed by atoms with Gasteiger partial charge in [-0.3, -0.25) is 0 Å². The normalized spacial score (nSPS) is 14.3. The van der Waals surface area contributed by atoms with E-state index < -0.39 is 15.7 Å². The molecule has 0 spiro atoms. The zero-order chi connectivity index (χ0) is 20.4. The third-order valence-electron chi connectivity index (χ3n) is 4.83. The van der Waals surface area contributed by atoms with Crippen LogP contribution < -0.4 is 10.6 Å². The van der Waals surface area contributed by atoms with Gasteiger partial charge in [-0.05, 0) is 49.6 Å². The van der Waals surface area contributed by atoms with Crippen LogP contribution in [0.4, 0.5) is 21.7 Å². The van der Waals surface area contributed by atoms with E-state index in [4.69, 9.17) is 0 Å². The Balaban J connectivity index is 1.71. The molecule has 0 unspecified atom stereocenters. The van der Waals surface area contributed by atoms with Gasteiger partial charge in [-0.15, -0.1) is 0 Å². The lowest BCUT2D eigenvalue weighted by Crippen LogP contribution is -2.27. The number of halogens is 1. The van der Waals surface area contributed by atoms with E-state index in [2.05, 4.69) is 20.6 Å². The first-order valence-electron chi connectivity index (χ1n) is 9.36. The molecule has 0 saturated heterocycles. The Morgan fingerprint density at radius 2 is 1.76 bits per heavy atom. The predicted octanol–water partition coefficient (Wildman–Crippen LogP) is 4.39. The highest BCUT2D eigenvalue weighted by molar-refractivity contribution is 7.90. The van der Waals surface area contributed by atoms with Crippen molar-refractivity contribution in [3.05, 3.63) is 60.4 Å². The van der Waals surface area contributed by atoms with Gasteiger partial charge in [0.2, 0.25) is 0 Å². The highest BCUT2D eigenvalue weighted by atomic mass is 32.2. The Labute approximate surface area is 169 Å². The fourth-order valence-corrected chi connectivity index (χ4v) is 3.73. The smallest absolute Gasteiger partial charge is 0.175 e. The van der Waals surface area contributed by atoms with Crippen molar-refractivity contribution in [3.8, 4) is 11.4 Å². The molecule has 2 N–H and O–H groups in total. The molecule has 0 radical (unpaired) electrons. The van der Waals surface area contributed by atoms with Crippen LogP contribution in [0.2, 0.25) is 0 Å². The molecule has 6 nitrogen and oxygen atoms in total. The second-order valence-corrected chi connectivity index (χ2v) is 9.15. The molecule has 3 aromatic rings. The van der Waals surface area contributed by atoms with Crippen molar-refractivity contribution in [1.29, 1.82) is 0 Å². The largest absolute Gasteiger partial charge is 0.367 e. The quantitative estimate of drug-likeness (QED) is 0.625. The summed E-state index contributed by atoms with van der Waals surface area (Å²) in [5, 5.41) is 6.48. The zero-order valence-electron chi connectivity index (χ0n) is 15.9. The van der Waals surface area contributed by atoms with Gasteiger partial charge in [0.15, 0.2) is 15.7 Å². The molecular formula is C21H21FN4O2S. The van der Waals surface area contributed by atoms with E-state index in [1.807, 2.05) is 0 Å². The van der Waals surface area contributed by atoms with Gasteiger partial charge in [-0.25, -0.2) is 22.8 Å². The fourth-order valence-electron chi connectivity index (χ4n) is 3.06. The molecule has 1 aliphatic carbocycles. The molecule has 150 valence electrons. The molecule has 8 heteroatoms. The van der Waals surface area contributed by atoms with E-state index in [1.165, 1.54) is 18.6 Å². The lowest BCUT2D eigenvalue weighted by atomic mass is 9.93. The molecule has 2 aromatic carbocycles. The van der Waals surface area contributed by atoms with Crippen LogP contribution in [0.3, 0.4) is 0 Å². The number of benzene rings is 2. The minimum atomic E-state index is -3.33. The van der Waals surface area contributed by atoms with E-state index in [0.29, 0.717) is 28.9 Å². The molecule has 0 amide bonds. The average Bonchev–Trinajstić information content (AvgIpc) is 2.64. The maximum Gasteiger partial charge on any atom is 0.175 e. The molecule has 29 heavy (non-hydrogen) atoms. The van der Waals surface area contributed by atoms with Crippen LogP contribution in [0.25, 0.3) is 11.4 Å². The summed E-state index contributed by atoms with van der Waals surface area (Å²) in [5.74, 6) is 0.906. The standard InChI is InChI=1S/C21H21FN4O2S/c1-29(27,28)16-9-5-8-15(12-16)24-20-13-19(23-14-6-4-7-14)25-21(26-20)17-10-2-3-11-18(17)22/h2-3,5,8-14H,4,6-7H2,1H3,(H2,23,24,25,26). The second-order valence-electron chi connectivity index (χ2n) is 7.14. The van der Waals surface area contributed by atoms with Crippen molar-refractivity contribution in [2.45, 2.75) is 30.2 Å². The summed E-state index contributed by atoms with van der Waals surface area (Å²) in [6.45, 7) is 0. The monoisotopic (exact) mass is 412 g/mol. The summed E-state index contributed by atoms with van der Waals surface area (Å²) in [5.41, 5.74) is 0.874. The van der Waals surface area contributed by atoms with Crippen LogP contribution in [0, 0.1) is 5.82 Å². The van der Waals surface area contributed by atoms with Gasteiger partial charge in [0.1, 0.15) is 17.5 Å². The van der Waals surface area contributed by atoms with Gasteiger partial charge >= 0.3 is 0 Å². The van der Waals surface area contributed by atoms with Gasteiger partial charge in [-0.1, -0.05) is 18.2 Å². The second kappa shape index (κ2) is 7.79. The molecule has 1 aliphatic rings. The molecular weight excluding hydrogens is 391 g/mol. The van der Waals surface area contributed by atoms with Crippen molar-refractivity contribution >= 4 is 27.2 Å². The van der Waals surface area contributed by atoms with E-state index >= 15 is 0 Å². The summed E-state index contributed by atoms with van der Waals surface area (Å²) in [4.78, 5) is 9.14. The predicted molar refractivity (Wildman–Crippen MR) is 112 cm³/mol.